The van der Waals surface area contributed by atoms with Crippen LogP contribution in [-0.2, 0) is 0 Å². The lowest BCUT2D eigenvalue weighted by Gasteiger charge is -2.25. The molecule has 0 aliphatic carbocycles. The highest BCUT2D eigenvalue weighted by Crippen LogP contribution is 1.98. The molecule has 0 aromatic heterocycles. The van der Waals surface area contributed by atoms with Gasteiger partial charge in [-0.3, -0.25) is 0 Å². The van der Waals surface area contributed by atoms with E-state index in [1.807, 2.05) is 6.19 Å². The number of nitrogens with zero attached hydrogens (tertiary/aromatic N) is 2. The summed E-state index contributed by atoms with van der Waals surface area (Å²) >= 11 is 0. The van der Waals surface area contributed by atoms with Crippen molar-refractivity contribution in [1.82, 2.24) is 10.2 Å². The summed E-state index contributed by atoms with van der Waals surface area (Å²) in [6.45, 7) is 7.32. The Hall–Kier alpha value is -0.750. The predicted molar refractivity (Wildman–Crippen MR) is 50.6 cm³/mol. The van der Waals surface area contributed by atoms with Crippen molar-refractivity contribution in [2.24, 2.45) is 0 Å². The molecular weight excluding hydrogens is 150 g/mol. The van der Waals surface area contributed by atoms with Crippen molar-refractivity contribution in [3.8, 4) is 6.19 Å². The fourth-order valence-corrected chi connectivity index (χ4v) is 0.927. The van der Waals surface area contributed by atoms with E-state index in [0.717, 1.165) is 13.0 Å². The highest BCUT2D eigenvalue weighted by molar-refractivity contribution is 4.78. The third kappa shape index (κ3) is 4.20. The largest absolute Gasteiger partial charge is 0.319 e. The zero-order valence-electron chi connectivity index (χ0n) is 8.46. The van der Waals surface area contributed by atoms with Gasteiger partial charge in [0.15, 0.2) is 6.19 Å². The normalized spacial score (nSPS) is 13.1. The van der Waals surface area contributed by atoms with Gasteiger partial charge in [0.2, 0.25) is 0 Å². The van der Waals surface area contributed by atoms with Gasteiger partial charge in [0.05, 0.1) is 0 Å². The maximum absolute atomic E-state index is 8.44. The van der Waals surface area contributed by atoms with Crippen molar-refractivity contribution in [2.45, 2.75) is 39.3 Å². The van der Waals surface area contributed by atoms with Gasteiger partial charge in [-0.15, -0.1) is 0 Å². The zero-order chi connectivity index (χ0) is 9.56. The first-order valence-corrected chi connectivity index (χ1v) is 4.46. The second-order valence-electron chi connectivity index (χ2n) is 3.39. The number of likely N-dealkylation sites (N-methyl/N-ethyl adjacent to an activating group) is 1. The first kappa shape index (κ1) is 11.2. The van der Waals surface area contributed by atoms with Crippen LogP contribution in [0.5, 0.6) is 0 Å². The van der Waals surface area contributed by atoms with E-state index in [2.05, 4.69) is 38.0 Å². The lowest BCUT2D eigenvalue weighted by molar-refractivity contribution is 0.246. The summed E-state index contributed by atoms with van der Waals surface area (Å²) in [7, 11) is 2.08. The van der Waals surface area contributed by atoms with Crippen LogP contribution in [0.15, 0.2) is 0 Å². The highest BCUT2D eigenvalue weighted by atomic mass is 15.1. The maximum atomic E-state index is 8.44. The van der Waals surface area contributed by atoms with Gasteiger partial charge in [-0.05, 0) is 27.3 Å². The van der Waals surface area contributed by atoms with Crippen LogP contribution < -0.4 is 5.32 Å². The van der Waals surface area contributed by atoms with Crippen molar-refractivity contribution in [3.63, 3.8) is 0 Å². The standard InChI is InChI=1S/C9H19N3/c1-5-9(11-7-10)6-12(4)8(2)3/h8-9,11H,5-6H2,1-4H3. The summed E-state index contributed by atoms with van der Waals surface area (Å²) in [6, 6.07) is 0.835. The predicted octanol–water partition coefficient (Wildman–Crippen LogP) is 1.18. The second kappa shape index (κ2) is 5.84. The van der Waals surface area contributed by atoms with Crippen molar-refractivity contribution < 1.29 is 0 Å². The third-order valence-electron chi connectivity index (χ3n) is 2.15. The molecule has 0 heterocycles. The van der Waals surface area contributed by atoms with Crippen molar-refractivity contribution in [3.05, 3.63) is 0 Å². The first-order valence-electron chi connectivity index (χ1n) is 4.46. The van der Waals surface area contributed by atoms with Crippen LogP contribution in [-0.4, -0.2) is 30.6 Å². The molecule has 0 aromatic rings. The molecule has 0 aliphatic heterocycles. The van der Waals surface area contributed by atoms with E-state index in [9.17, 15) is 0 Å². The molecule has 3 heteroatoms. The summed E-state index contributed by atoms with van der Waals surface area (Å²) in [6.07, 6.45) is 2.98. The molecule has 0 aliphatic rings. The smallest absolute Gasteiger partial charge is 0.176 e. The van der Waals surface area contributed by atoms with Gasteiger partial charge in [0, 0.05) is 18.6 Å². The van der Waals surface area contributed by atoms with Gasteiger partial charge in [-0.25, -0.2) is 0 Å². The Morgan fingerprint density at radius 3 is 2.42 bits per heavy atom. The van der Waals surface area contributed by atoms with Crippen LogP contribution in [0.25, 0.3) is 0 Å². The first-order chi connectivity index (χ1) is 5.61. The molecule has 0 saturated carbocycles. The molecule has 0 bridgehead atoms. The molecule has 1 N–H and O–H groups in total. The molecule has 0 amide bonds. The summed E-state index contributed by atoms with van der Waals surface area (Å²) in [5.41, 5.74) is 0. The van der Waals surface area contributed by atoms with E-state index in [4.69, 9.17) is 5.26 Å². The van der Waals surface area contributed by atoms with Gasteiger partial charge in [0.1, 0.15) is 0 Å². The molecular formula is C9H19N3. The molecule has 0 spiro atoms. The van der Waals surface area contributed by atoms with Crippen molar-refractivity contribution >= 4 is 0 Å². The fraction of sp³-hybridized carbons (Fsp3) is 0.889. The van der Waals surface area contributed by atoms with Gasteiger partial charge < -0.3 is 10.2 Å². The molecule has 0 saturated heterocycles. The van der Waals surface area contributed by atoms with E-state index >= 15 is 0 Å². The third-order valence-corrected chi connectivity index (χ3v) is 2.15. The van der Waals surface area contributed by atoms with Gasteiger partial charge in [0.25, 0.3) is 0 Å². The quantitative estimate of drug-likeness (QED) is 0.496. The van der Waals surface area contributed by atoms with Gasteiger partial charge in [-0.2, -0.15) is 5.26 Å². The van der Waals surface area contributed by atoms with E-state index in [1.165, 1.54) is 0 Å². The highest BCUT2D eigenvalue weighted by Gasteiger charge is 2.10. The number of nitrogens with one attached hydrogen (secondary N) is 1. The van der Waals surface area contributed by atoms with Crippen LogP contribution >= 0.6 is 0 Å². The molecule has 70 valence electrons. The molecule has 1 atom stereocenters. The van der Waals surface area contributed by atoms with Gasteiger partial charge >= 0.3 is 0 Å². The maximum Gasteiger partial charge on any atom is 0.176 e. The monoisotopic (exact) mass is 169 g/mol. The summed E-state index contributed by atoms with van der Waals surface area (Å²) in [5, 5.41) is 11.2. The van der Waals surface area contributed by atoms with Crippen LogP contribution in [0.2, 0.25) is 0 Å². The fourth-order valence-electron chi connectivity index (χ4n) is 0.927. The van der Waals surface area contributed by atoms with Gasteiger partial charge in [-0.1, -0.05) is 6.92 Å². The minimum Gasteiger partial charge on any atom is -0.319 e. The molecule has 12 heavy (non-hydrogen) atoms. The van der Waals surface area contributed by atoms with E-state index < -0.39 is 0 Å². The molecule has 0 fully saturated rings. The summed E-state index contributed by atoms with van der Waals surface area (Å²) in [4.78, 5) is 2.23. The average molecular weight is 169 g/mol. The molecule has 0 radical (unpaired) electrons. The Balaban J connectivity index is 3.78. The van der Waals surface area contributed by atoms with Crippen LogP contribution in [0.4, 0.5) is 0 Å². The van der Waals surface area contributed by atoms with Crippen molar-refractivity contribution in [1.29, 1.82) is 5.26 Å². The SMILES string of the molecule is CCC(CN(C)C(C)C)NC#N. The molecule has 3 nitrogen and oxygen atoms in total. The topological polar surface area (TPSA) is 39.1 Å². The number of hydrogen-bond acceptors (Lipinski definition) is 3. The Bertz CT molecular complexity index is 148. The van der Waals surface area contributed by atoms with Crippen LogP contribution in [0.1, 0.15) is 27.2 Å². The number of hydrogen-bond donors (Lipinski definition) is 1. The van der Waals surface area contributed by atoms with Crippen LogP contribution in [0, 0.1) is 11.5 Å². The van der Waals surface area contributed by atoms with E-state index in [-0.39, 0.29) is 0 Å². The Kier molecular flexibility index (Phi) is 5.48. The van der Waals surface area contributed by atoms with E-state index in [0.29, 0.717) is 12.1 Å². The number of nitriles is 1. The number of rotatable bonds is 5. The molecule has 0 rings (SSSR count). The van der Waals surface area contributed by atoms with Crippen LogP contribution in [0.3, 0.4) is 0 Å². The molecule has 0 aromatic carbocycles. The zero-order valence-corrected chi connectivity index (χ0v) is 8.46. The van der Waals surface area contributed by atoms with Crippen molar-refractivity contribution in [2.75, 3.05) is 13.6 Å². The summed E-state index contributed by atoms with van der Waals surface area (Å²) < 4.78 is 0. The minimum atomic E-state index is 0.294. The average Bonchev–Trinajstić information content (AvgIpc) is 2.03. The second-order valence-corrected chi connectivity index (χ2v) is 3.39. The lowest BCUT2D eigenvalue weighted by Crippen LogP contribution is -2.39. The Morgan fingerprint density at radius 1 is 1.50 bits per heavy atom. The lowest BCUT2D eigenvalue weighted by atomic mass is 10.2. The van der Waals surface area contributed by atoms with E-state index in [1.54, 1.807) is 0 Å². The Morgan fingerprint density at radius 2 is 2.08 bits per heavy atom. The summed E-state index contributed by atoms with van der Waals surface area (Å²) in [5.74, 6) is 0. The Labute approximate surface area is 75.4 Å². The minimum absolute atomic E-state index is 0.294. The molecule has 1 unspecified atom stereocenters.